The van der Waals surface area contributed by atoms with E-state index in [2.05, 4.69) is 0 Å². The number of piperazine rings is 1. The van der Waals surface area contributed by atoms with E-state index in [9.17, 15) is 51.3 Å². The monoisotopic (exact) mass is 645 g/mol. The average Bonchev–Trinajstić information content (AvgIpc) is 3.25. The summed E-state index contributed by atoms with van der Waals surface area (Å²) < 4.78 is 82.0. The van der Waals surface area contributed by atoms with Gasteiger partial charge in [-0.15, -0.1) is 0 Å². The molecular weight excluding hydrogens is 608 g/mol. The Morgan fingerprint density at radius 3 is 2.04 bits per heavy atom. The van der Waals surface area contributed by atoms with Crippen LogP contribution < -0.4 is 0 Å². The van der Waals surface area contributed by atoms with Gasteiger partial charge in [0.2, 0.25) is 5.91 Å². The maximum Gasteiger partial charge on any atom is 0.416 e. The standard InChI is InChI=1S/C31H37F6N3O5/c1-19-5-3-4-6-23(19)26-25-18-29(8-13-42,9-14-43)27(44)39(25)10-11-40(26)28(45)38(2)24(7-12-41)20-15-21(30(32,33)34)17-22(16-20)31(35,36)37/h3-6,15-17,24-26,41-43H,7-14,18H2,1-2H3/t24-,25-,26-/m0/s1. The Kier molecular flexibility index (Phi) is 10.1. The molecule has 0 aliphatic carbocycles. The number of hydrogen-bond acceptors (Lipinski definition) is 5. The molecule has 3 amide bonds. The summed E-state index contributed by atoms with van der Waals surface area (Å²) in [6, 6.07) is 4.91. The molecule has 45 heavy (non-hydrogen) atoms. The van der Waals surface area contributed by atoms with Gasteiger partial charge in [-0.25, -0.2) is 4.79 Å². The SMILES string of the molecule is Cc1ccccc1[C@H]1[C@@H]2CC(CCO)(CCO)C(=O)N2CCN1C(=O)N(C)[C@@H](CCO)c1cc(C(F)(F)F)cc(C(F)(F)F)c1. The van der Waals surface area contributed by atoms with Crippen LogP contribution in [0.2, 0.25) is 0 Å². The number of hydrogen-bond donors (Lipinski definition) is 3. The van der Waals surface area contributed by atoms with Gasteiger partial charge in [-0.1, -0.05) is 24.3 Å². The van der Waals surface area contributed by atoms with E-state index < -0.39 is 65.2 Å². The van der Waals surface area contributed by atoms with Crippen molar-refractivity contribution in [3.8, 4) is 0 Å². The van der Waals surface area contributed by atoms with E-state index in [0.717, 1.165) is 10.5 Å². The smallest absolute Gasteiger partial charge is 0.396 e. The highest BCUT2D eigenvalue weighted by Gasteiger charge is 2.56. The van der Waals surface area contributed by atoms with Crippen LogP contribution >= 0.6 is 0 Å². The number of aliphatic hydroxyl groups excluding tert-OH is 3. The third-order valence-corrected chi connectivity index (χ3v) is 9.10. The number of nitrogens with zero attached hydrogens (tertiary/aromatic N) is 3. The van der Waals surface area contributed by atoms with Gasteiger partial charge < -0.3 is 30.0 Å². The van der Waals surface area contributed by atoms with Crippen LogP contribution in [0.4, 0.5) is 31.1 Å². The summed E-state index contributed by atoms with van der Waals surface area (Å²) in [5.41, 5.74) is -3.08. The largest absolute Gasteiger partial charge is 0.416 e. The zero-order valence-corrected chi connectivity index (χ0v) is 24.9. The van der Waals surface area contributed by atoms with Gasteiger partial charge in [0.05, 0.1) is 34.7 Å². The van der Waals surface area contributed by atoms with Crippen molar-refractivity contribution in [2.24, 2.45) is 5.41 Å². The fraction of sp³-hybridized carbons (Fsp3) is 0.548. The van der Waals surface area contributed by atoms with E-state index in [4.69, 9.17) is 0 Å². The van der Waals surface area contributed by atoms with Crippen LogP contribution in [-0.4, -0.2) is 88.0 Å². The van der Waals surface area contributed by atoms with Crippen LogP contribution in [0.15, 0.2) is 42.5 Å². The number of halogens is 6. The molecule has 14 heteroatoms. The number of aryl methyl sites for hydroxylation is 1. The minimum atomic E-state index is -5.10. The van der Waals surface area contributed by atoms with Crippen molar-refractivity contribution in [2.45, 2.75) is 63.1 Å². The lowest BCUT2D eigenvalue weighted by atomic mass is 9.77. The van der Waals surface area contributed by atoms with E-state index in [1.54, 1.807) is 23.1 Å². The molecule has 0 radical (unpaired) electrons. The number of urea groups is 1. The lowest BCUT2D eigenvalue weighted by Crippen LogP contribution is -2.57. The van der Waals surface area contributed by atoms with Crippen molar-refractivity contribution in [1.82, 2.24) is 14.7 Å². The van der Waals surface area contributed by atoms with Crippen LogP contribution in [0.5, 0.6) is 0 Å². The molecule has 2 fully saturated rings. The number of rotatable bonds is 9. The van der Waals surface area contributed by atoms with Gasteiger partial charge in [0.1, 0.15) is 0 Å². The Hall–Kier alpha value is -3.36. The first kappa shape index (κ1) is 34.5. The normalized spacial score (nSPS) is 20.7. The molecule has 0 spiro atoms. The van der Waals surface area contributed by atoms with Crippen molar-refractivity contribution >= 4 is 11.9 Å². The first-order chi connectivity index (χ1) is 21.1. The Morgan fingerprint density at radius 2 is 1.53 bits per heavy atom. The van der Waals surface area contributed by atoms with Gasteiger partial charge in [-0.2, -0.15) is 26.3 Å². The molecule has 2 aliphatic rings. The Morgan fingerprint density at radius 1 is 0.956 bits per heavy atom. The second-order valence-corrected chi connectivity index (χ2v) is 11.8. The van der Waals surface area contributed by atoms with E-state index in [0.29, 0.717) is 17.7 Å². The summed E-state index contributed by atoms with van der Waals surface area (Å²) in [5, 5.41) is 29.4. The third kappa shape index (κ3) is 6.77. The van der Waals surface area contributed by atoms with Gasteiger partial charge in [0.15, 0.2) is 0 Å². The predicted octanol–water partition coefficient (Wildman–Crippen LogP) is 4.92. The molecule has 3 N–H and O–H groups in total. The zero-order chi connectivity index (χ0) is 33.3. The summed E-state index contributed by atoms with van der Waals surface area (Å²) >= 11 is 0. The van der Waals surface area contributed by atoms with E-state index in [-0.39, 0.29) is 64.0 Å². The second-order valence-electron chi connectivity index (χ2n) is 11.8. The molecule has 248 valence electrons. The highest BCUT2D eigenvalue weighted by molar-refractivity contribution is 5.86. The number of benzene rings is 2. The molecule has 8 nitrogen and oxygen atoms in total. The maximum absolute atomic E-state index is 14.3. The first-order valence-electron chi connectivity index (χ1n) is 14.6. The molecule has 2 aromatic carbocycles. The van der Waals surface area contributed by atoms with Crippen molar-refractivity contribution in [3.63, 3.8) is 0 Å². The van der Waals surface area contributed by atoms with Crippen LogP contribution in [-0.2, 0) is 17.1 Å². The van der Waals surface area contributed by atoms with Gasteiger partial charge in [-0.05, 0) is 67.5 Å². The Bertz CT molecular complexity index is 1350. The number of carbonyl (C=O) groups is 2. The predicted molar refractivity (Wildman–Crippen MR) is 151 cm³/mol. The third-order valence-electron chi connectivity index (χ3n) is 9.10. The van der Waals surface area contributed by atoms with Gasteiger partial charge in [-0.3, -0.25) is 4.79 Å². The highest BCUT2D eigenvalue weighted by atomic mass is 19.4. The van der Waals surface area contributed by atoms with Crippen molar-refractivity contribution in [3.05, 3.63) is 70.3 Å². The van der Waals surface area contributed by atoms with Gasteiger partial charge in [0, 0.05) is 40.0 Å². The van der Waals surface area contributed by atoms with Crippen LogP contribution in [0.3, 0.4) is 0 Å². The summed E-state index contributed by atoms with van der Waals surface area (Å²) in [7, 11) is 1.26. The lowest BCUT2D eigenvalue weighted by Gasteiger charge is -2.47. The fourth-order valence-electron chi connectivity index (χ4n) is 6.86. The molecular formula is C31H37F6N3O5. The zero-order valence-electron chi connectivity index (χ0n) is 24.9. The number of alkyl halides is 6. The molecule has 2 heterocycles. The van der Waals surface area contributed by atoms with Crippen LogP contribution in [0.1, 0.15) is 65.6 Å². The van der Waals surface area contributed by atoms with Crippen molar-refractivity contribution in [2.75, 3.05) is 40.0 Å². The van der Waals surface area contributed by atoms with E-state index in [1.165, 1.54) is 11.9 Å². The highest BCUT2D eigenvalue weighted by Crippen LogP contribution is 2.49. The number of fused-ring (bicyclic) bond motifs is 1. The summed E-state index contributed by atoms with van der Waals surface area (Å²) in [5.74, 6) is -0.253. The topological polar surface area (TPSA) is 105 Å². The molecule has 0 bridgehead atoms. The number of aliphatic hydroxyl groups is 3. The minimum absolute atomic E-state index is 0.000973. The molecule has 3 atom stereocenters. The summed E-state index contributed by atoms with van der Waals surface area (Å²) in [4.78, 5) is 32.1. The maximum atomic E-state index is 14.3. The lowest BCUT2D eigenvalue weighted by molar-refractivity contribution is -0.143. The van der Waals surface area contributed by atoms with Crippen LogP contribution in [0.25, 0.3) is 0 Å². The first-order valence-corrected chi connectivity index (χ1v) is 14.6. The molecule has 2 aliphatic heterocycles. The van der Waals surface area contributed by atoms with Gasteiger partial charge >= 0.3 is 18.4 Å². The Balaban J connectivity index is 1.78. The summed E-state index contributed by atoms with van der Waals surface area (Å²) in [6.45, 7) is 0.690. The molecule has 2 aromatic rings. The second kappa shape index (κ2) is 13.2. The van der Waals surface area contributed by atoms with Crippen LogP contribution in [0, 0.1) is 12.3 Å². The molecule has 0 unspecified atom stereocenters. The minimum Gasteiger partial charge on any atom is -0.396 e. The van der Waals surface area contributed by atoms with Crippen molar-refractivity contribution < 1.29 is 51.3 Å². The molecule has 2 saturated heterocycles. The number of carbonyl (C=O) groups excluding carboxylic acids is 2. The Labute approximate surface area is 256 Å². The molecule has 0 saturated carbocycles. The van der Waals surface area contributed by atoms with E-state index in [1.807, 2.05) is 13.0 Å². The quantitative estimate of drug-likeness (QED) is 0.336. The number of amides is 3. The van der Waals surface area contributed by atoms with Gasteiger partial charge in [0.25, 0.3) is 0 Å². The van der Waals surface area contributed by atoms with Crippen molar-refractivity contribution in [1.29, 1.82) is 0 Å². The molecule has 4 rings (SSSR count). The summed E-state index contributed by atoms with van der Waals surface area (Å²) in [6.07, 6.45) is -10.1. The average molecular weight is 646 g/mol. The van der Waals surface area contributed by atoms with E-state index >= 15 is 0 Å². The fourth-order valence-corrected chi connectivity index (χ4v) is 6.86. The molecule has 0 aromatic heterocycles.